The van der Waals surface area contributed by atoms with Gasteiger partial charge in [0.05, 0.1) is 0 Å². The van der Waals surface area contributed by atoms with E-state index in [1.165, 1.54) is 6.92 Å². The van der Waals surface area contributed by atoms with E-state index in [9.17, 15) is 4.79 Å². The maximum Gasteiger partial charge on any atom is 0.221 e. The van der Waals surface area contributed by atoms with Gasteiger partial charge < -0.3 is 23.5 Å². The zero-order chi connectivity index (χ0) is 8.27. The number of nitrogen functional groups attached to an aromatic ring is 1. The van der Waals surface area contributed by atoms with Crippen LogP contribution in [-0.4, -0.2) is 5.91 Å². The van der Waals surface area contributed by atoms with Crippen molar-refractivity contribution >= 4 is 17.3 Å². The number of nitrogens with one attached hydrogen (secondary N) is 1. The van der Waals surface area contributed by atoms with E-state index >= 15 is 0 Å². The van der Waals surface area contributed by atoms with E-state index < -0.39 is 0 Å². The summed E-state index contributed by atoms with van der Waals surface area (Å²) in [7, 11) is 0. The molecule has 0 spiro atoms. The predicted molar refractivity (Wildman–Crippen MR) is 45.2 cm³/mol. The lowest BCUT2D eigenvalue weighted by molar-refractivity contribution is -0.114. The van der Waals surface area contributed by atoms with Gasteiger partial charge in [-0.2, -0.15) is 0 Å². The highest BCUT2D eigenvalue weighted by atomic mass is 35.5. The number of hydrogen-bond donors (Lipinski definition) is 2. The molecule has 0 aliphatic heterocycles. The molecule has 12 heavy (non-hydrogen) atoms. The molecule has 0 aromatic heterocycles. The van der Waals surface area contributed by atoms with Crippen LogP contribution in [0.25, 0.3) is 0 Å². The predicted octanol–water partition coefficient (Wildman–Crippen LogP) is -1.77. The van der Waals surface area contributed by atoms with E-state index in [4.69, 9.17) is 5.73 Å². The summed E-state index contributed by atoms with van der Waals surface area (Å²) >= 11 is 0. The lowest BCUT2D eigenvalue weighted by atomic mass is 10.3. The summed E-state index contributed by atoms with van der Waals surface area (Å²) in [6.07, 6.45) is 0. The van der Waals surface area contributed by atoms with Gasteiger partial charge in [0.1, 0.15) is 0 Å². The van der Waals surface area contributed by atoms with Crippen molar-refractivity contribution < 1.29 is 17.2 Å². The van der Waals surface area contributed by atoms with Gasteiger partial charge in [-0.15, -0.1) is 0 Å². The SMILES string of the molecule is CC(=O)Nc1cccc(N)c1.[Cl-]. The third-order valence-electron chi connectivity index (χ3n) is 1.21. The van der Waals surface area contributed by atoms with Crippen molar-refractivity contribution in [2.75, 3.05) is 11.1 Å². The fraction of sp³-hybridized carbons (Fsp3) is 0.125. The van der Waals surface area contributed by atoms with Gasteiger partial charge in [-0.05, 0) is 18.2 Å². The van der Waals surface area contributed by atoms with Crippen molar-refractivity contribution in [1.82, 2.24) is 0 Å². The zero-order valence-corrected chi connectivity index (χ0v) is 7.43. The van der Waals surface area contributed by atoms with E-state index in [-0.39, 0.29) is 18.3 Å². The summed E-state index contributed by atoms with van der Waals surface area (Å²) in [5.41, 5.74) is 6.87. The minimum absolute atomic E-state index is 0. The molecule has 1 aromatic rings. The van der Waals surface area contributed by atoms with Crippen LogP contribution in [0.5, 0.6) is 0 Å². The Morgan fingerprint density at radius 3 is 2.67 bits per heavy atom. The van der Waals surface area contributed by atoms with Crippen LogP contribution in [0.3, 0.4) is 0 Å². The molecule has 0 atom stereocenters. The third-order valence-corrected chi connectivity index (χ3v) is 1.21. The fourth-order valence-corrected chi connectivity index (χ4v) is 0.820. The molecule has 0 unspecified atom stereocenters. The summed E-state index contributed by atoms with van der Waals surface area (Å²) in [6, 6.07) is 7.06. The number of anilines is 2. The van der Waals surface area contributed by atoms with E-state index in [0.29, 0.717) is 5.69 Å². The molecule has 0 aliphatic rings. The van der Waals surface area contributed by atoms with E-state index in [1.54, 1.807) is 24.3 Å². The van der Waals surface area contributed by atoms with Crippen LogP contribution in [0.4, 0.5) is 11.4 Å². The molecule has 1 rings (SSSR count). The molecule has 0 radical (unpaired) electrons. The maximum absolute atomic E-state index is 10.6. The Morgan fingerprint density at radius 1 is 1.50 bits per heavy atom. The van der Waals surface area contributed by atoms with Gasteiger partial charge in [0.2, 0.25) is 5.91 Å². The van der Waals surface area contributed by atoms with Crippen LogP contribution in [0.1, 0.15) is 6.92 Å². The molecule has 3 nitrogen and oxygen atoms in total. The van der Waals surface area contributed by atoms with Crippen LogP contribution in [0.2, 0.25) is 0 Å². The monoisotopic (exact) mass is 185 g/mol. The van der Waals surface area contributed by atoms with Gasteiger partial charge in [-0.1, -0.05) is 6.07 Å². The second kappa shape index (κ2) is 4.62. The second-order valence-electron chi connectivity index (χ2n) is 2.31. The highest BCUT2D eigenvalue weighted by Gasteiger charge is 1.93. The Hall–Kier alpha value is -1.22. The first kappa shape index (κ1) is 10.8. The van der Waals surface area contributed by atoms with Crippen LogP contribution in [0, 0.1) is 0 Å². The van der Waals surface area contributed by atoms with Crippen molar-refractivity contribution in [3.63, 3.8) is 0 Å². The molecule has 0 bridgehead atoms. The van der Waals surface area contributed by atoms with Crippen molar-refractivity contribution in [2.24, 2.45) is 0 Å². The summed E-state index contributed by atoms with van der Waals surface area (Å²) in [5.74, 6) is -0.0874. The molecular weight excluding hydrogens is 176 g/mol. The van der Waals surface area contributed by atoms with Crippen LogP contribution in [-0.2, 0) is 4.79 Å². The first-order chi connectivity index (χ1) is 5.18. The van der Waals surface area contributed by atoms with Crippen molar-refractivity contribution in [3.05, 3.63) is 24.3 Å². The summed E-state index contributed by atoms with van der Waals surface area (Å²) in [5, 5.41) is 2.63. The third kappa shape index (κ3) is 3.25. The van der Waals surface area contributed by atoms with Crippen molar-refractivity contribution in [1.29, 1.82) is 0 Å². The topological polar surface area (TPSA) is 55.1 Å². The van der Waals surface area contributed by atoms with Gasteiger partial charge in [-0.3, -0.25) is 4.79 Å². The average molecular weight is 186 g/mol. The van der Waals surface area contributed by atoms with Crippen molar-refractivity contribution in [3.8, 4) is 0 Å². The number of hydrogen-bond acceptors (Lipinski definition) is 2. The standard InChI is InChI=1S/C8H10N2O.ClH/c1-6(11)10-8-4-2-3-7(9)5-8;/h2-5H,9H2,1H3,(H,10,11);1H/p-1. The van der Waals surface area contributed by atoms with E-state index in [0.717, 1.165) is 5.69 Å². The molecule has 0 fully saturated rings. The van der Waals surface area contributed by atoms with Crippen LogP contribution >= 0.6 is 0 Å². The number of rotatable bonds is 1. The largest absolute Gasteiger partial charge is 1.00 e. The molecule has 0 saturated carbocycles. The van der Waals surface area contributed by atoms with Gasteiger partial charge in [-0.25, -0.2) is 0 Å². The van der Waals surface area contributed by atoms with Crippen LogP contribution in [0.15, 0.2) is 24.3 Å². The van der Waals surface area contributed by atoms with Gasteiger partial charge in [0.25, 0.3) is 0 Å². The number of amides is 1. The molecule has 66 valence electrons. The minimum Gasteiger partial charge on any atom is -1.00 e. The molecule has 0 saturated heterocycles. The first-order valence-corrected chi connectivity index (χ1v) is 3.31. The second-order valence-corrected chi connectivity index (χ2v) is 2.31. The summed E-state index contributed by atoms with van der Waals surface area (Å²) in [6.45, 7) is 1.46. The number of benzene rings is 1. The Morgan fingerprint density at radius 2 is 2.17 bits per heavy atom. The minimum atomic E-state index is -0.0874. The molecule has 0 heterocycles. The van der Waals surface area contributed by atoms with Gasteiger partial charge in [0, 0.05) is 18.3 Å². The van der Waals surface area contributed by atoms with E-state index in [1.807, 2.05) is 0 Å². The Labute approximate surface area is 77.4 Å². The Bertz CT molecular complexity index is 276. The Kier molecular flexibility index (Phi) is 4.15. The van der Waals surface area contributed by atoms with Gasteiger partial charge in [0.15, 0.2) is 0 Å². The normalized spacial score (nSPS) is 8.42. The lowest BCUT2D eigenvalue weighted by Crippen LogP contribution is -3.00. The quantitative estimate of drug-likeness (QED) is 0.509. The van der Waals surface area contributed by atoms with Gasteiger partial charge >= 0.3 is 0 Å². The fourth-order valence-electron chi connectivity index (χ4n) is 0.820. The lowest BCUT2D eigenvalue weighted by Gasteiger charge is -2.01. The molecule has 0 aliphatic carbocycles. The highest BCUT2D eigenvalue weighted by Crippen LogP contribution is 2.10. The highest BCUT2D eigenvalue weighted by molar-refractivity contribution is 5.89. The molecule has 3 N–H and O–H groups in total. The molecule has 4 heteroatoms. The zero-order valence-electron chi connectivity index (χ0n) is 6.67. The van der Waals surface area contributed by atoms with Crippen LogP contribution < -0.4 is 23.5 Å². The Balaban J connectivity index is 0.00000121. The number of halogens is 1. The van der Waals surface area contributed by atoms with E-state index in [2.05, 4.69) is 5.32 Å². The number of nitrogens with two attached hydrogens (primary N) is 1. The summed E-state index contributed by atoms with van der Waals surface area (Å²) < 4.78 is 0. The molecular formula is C8H10ClN2O-. The smallest absolute Gasteiger partial charge is 0.221 e. The molecule has 1 aromatic carbocycles. The average Bonchev–Trinajstić information content (AvgIpc) is 1.85. The number of carbonyl (C=O) groups is 1. The molecule has 1 amide bonds. The number of carbonyl (C=O) groups excluding carboxylic acids is 1. The first-order valence-electron chi connectivity index (χ1n) is 3.31. The van der Waals surface area contributed by atoms with Crippen molar-refractivity contribution in [2.45, 2.75) is 6.92 Å². The maximum atomic E-state index is 10.6. The summed E-state index contributed by atoms with van der Waals surface area (Å²) in [4.78, 5) is 10.6.